The van der Waals surface area contributed by atoms with Crippen LogP contribution in [0.4, 0.5) is 5.69 Å². The van der Waals surface area contributed by atoms with Crippen LogP contribution in [0.3, 0.4) is 0 Å². The fraction of sp³-hybridized carbons (Fsp3) is 0.400. The van der Waals surface area contributed by atoms with E-state index in [0.717, 1.165) is 5.69 Å². The highest BCUT2D eigenvalue weighted by Crippen LogP contribution is 2.26. The normalized spacial score (nSPS) is 11.8. The molecular formula is C15H20ClN5O2. The van der Waals surface area contributed by atoms with Gasteiger partial charge in [-0.2, -0.15) is 4.98 Å². The predicted octanol–water partition coefficient (Wildman–Crippen LogP) is 2.82. The van der Waals surface area contributed by atoms with E-state index in [1.54, 1.807) is 25.3 Å². The largest absolute Gasteiger partial charge is 0.495 e. The molecule has 2 rings (SSSR count). The molecular weight excluding hydrogens is 318 g/mol. The molecule has 2 aromatic rings. The van der Waals surface area contributed by atoms with Crippen LogP contribution in [0.5, 0.6) is 5.75 Å². The first kappa shape index (κ1) is 17.1. The monoisotopic (exact) mass is 337 g/mol. The Morgan fingerprint density at radius 3 is 2.87 bits per heavy atom. The number of hydrogen-bond acceptors (Lipinski definition) is 5. The Bertz CT molecular complexity index is 684. The second-order valence-electron chi connectivity index (χ2n) is 5.19. The maximum absolute atomic E-state index is 6.05. The third-order valence-corrected chi connectivity index (χ3v) is 3.33. The lowest BCUT2D eigenvalue weighted by molar-refractivity contribution is 0.372. The van der Waals surface area contributed by atoms with Gasteiger partial charge in [-0.3, -0.25) is 4.99 Å². The van der Waals surface area contributed by atoms with Crippen molar-refractivity contribution in [3.05, 3.63) is 34.9 Å². The zero-order valence-corrected chi connectivity index (χ0v) is 14.1. The van der Waals surface area contributed by atoms with Gasteiger partial charge in [-0.15, -0.1) is 0 Å². The van der Waals surface area contributed by atoms with Crippen LogP contribution >= 0.6 is 11.6 Å². The molecule has 0 fully saturated rings. The molecule has 0 saturated carbocycles. The highest BCUT2D eigenvalue weighted by Gasteiger charge is 2.09. The fourth-order valence-corrected chi connectivity index (χ4v) is 2.07. The molecule has 0 atom stereocenters. The maximum Gasteiger partial charge on any atom is 0.228 e. The summed E-state index contributed by atoms with van der Waals surface area (Å²) in [5, 5.41) is 7.36. The summed E-state index contributed by atoms with van der Waals surface area (Å²) < 4.78 is 10.2. The average Bonchev–Trinajstić information content (AvgIpc) is 2.96. The Hall–Kier alpha value is -2.28. The Balaban J connectivity index is 1.88. The molecule has 1 heterocycles. The van der Waals surface area contributed by atoms with Crippen LogP contribution < -0.4 is 15.8 Å². The molecule has 1 aromatic carbocycles. The third kappa shape index (κ3) is 4.85. The van der Waals surface area contributed by atoms with Gasteiger partial charge in [0.15, 0.2) is 11.8 Å². The van der Waals surface area contributed by atoms with Crippen LogP contribution in [0, 0.1) is 0 Å². The van der Waals surface area contributed by atoms with E-state index in [4.69, 9.17) is 26.6 Å². The van der Waals surface area contributed by atoms with Crippen LogP contribution in [0.2, 0.25) is 5.02 Å². The summed E-state index contributed by atoms with van der Waals surface area (Å²) in [5.74, 6) is 2.38. The molecule has 0 amide bonds. The molecule has 3 N–H and O–H groups in total. The highest BCUT2D eigenvalue weighted by molar-refractivity contribution is 6.32. The molecule has 0 bridgehead atoms. The van der Waals surface area contributed by atoms with E-state index in [2.05, 4.69) is 20.4 Å². The minimum absolute atomic E-state index is 0.238. The number of halogens is 1. The summed E-state index contributed by atoms with van der Waals surface area (Å²) in [5.41, 5.74) is 6.58. The van der Waals surface area contributed by atoms with Crippen molar-refractivity contribution in [2.45, 2.75) is 26.2 Å². The zero-order valence-electron chi connectivity index (χ0n) is 13.3. The second-order valence-corrected chi connectivity index (χ2v) is 5.60. The molecule has 0 spiro atoms. The summed E-state index contributed by atoms with van der Waals surface area (Å²) in [4.78, 5) is 8.50. The van der Waals surface area contributed by atoms with Crippen molar-refractivity contribution in [3.8, 4) is 5.75 Å². The Kier molecular flexibility index (Phi) is 5.81. The van der Waals surface area contributed by atoms with Crippen molar-refractivity contribution in [3.63, 3.8) is 0 Å². The zero-order chi connectivity index (χ0) is 16.8. The van der Waals surface area contributed by atoms with Crippen molar-refractivity contribution >= 4 is 23.2 Å². The number of aliphatic imine (C=N–C) groups is 1. The number of nitrogens with two attached hydrogens (primary N) is 1. The summed E-state index contributed by atoms with van der Waals surface area (Å²) in [6.45, 7) is 4.46. The summed E-state index contributed by atoms with van der Waals surface area (Å²) >= 11 is 6.05. The lowest BCUT2D eigenvalue weighted by atomic mass is 10.2. The summed E-state index contributed by atoms with van der Waals surface area (Å²) in [6, 6.07) is 5.28. The molecule has 1 aromatic heterocycles. The second kappa shape index (κ2) is 7.82. The van der Waals surface area contributed by atoms with Gasteiger partial charge in [-0.25, -0.2) is 0 Å². The van der Waals surface area contributed by atoms with E-state index in [0.29, 0.717) is 35.5 Å². The number of aromatic nitrogens is 2. The van der Waals surface area contributed by atoms with E-state index in [1.807, 2.05) is 13.8 Å². The molecule has 124 valence electrons. The number of ether oxygens (including phenoxy) is 1. The fourth-order valence-electron chi connectivity index (χ4n) is 1.81. The lowest BCUT2D eigenvalue weighted by Crippen LogP contribution is -2.23. The number of nitrogens with zero attached hydrogens (tertiary/aromatic N) is 3. The van der Waals surface area contributed by atoms with Gasteiger partial charge in [-0.05, 0) is 18.2 Å². The number of nitrogens with one attached hydrogen (secondary N) is 1. The van der Waals surface area contributed by atoms with Crippen LogP contribution in [-0.4, -0.2) is 29.8 Å². The number of hydrogen-bond donors (Lipinski definition) is 2. The molecule has 8 heteroatoms. The van der Waals surface area contributed by atoms with Crippen molar-refractivity contribution < 1.29 is 9.26 Å². The number of guanidine groups is 1. The highest BCUT2D eigenvalue weighted by atomic mass is 35.5. The van der Waals surface area contributed by atoms with Crippen molar-refractivity contribution in [1.82, 2.24) is 10.1 Å². The van der Waals surface area contributed by atoms with E-state index >= 15 is 0 Å². The molecule has 0 saturated heterocycles. The standard InChI is InChI=1S/C15H20ClN5O2/c1-9(2)14-20-13(23-21-14)6-7-18-15(17)19-10-4-5-12(22-3)11(16)8-10/h4-5,8-9H,6-7H2,1-3H3,(H3,17,18,19). The van der Waals surface area contributed by atoms with Crippen molar-refractivity contribution in [1.29, 1.82) is 0 Å². The van der Waals surface area contributed by atoms with Crippen molar-refractivity contribution in [2.75, 3.05) is 19.0 Å². The van der Waals surface area contributed by atoms with E-state index in [-0.39, 0.29) is 11.9 Å². The van der Waals surface area contributed by atoms with E-state index in [1.165, 1.54) is 0 Å². The van der Waals surface area contributed by atoms with Crippen LogP contribution in [-0.2, 0) is 6.42 Å². The first-order valence-electron chi connectivity index (χ1n) is 7.22. The van der Waals surface area contributed by atoms with Crippen molar-refractivity contribution in [2.24, 2.45) is 10.7 Å². The minimum Gasteiger partial charge on any atom is -0.495 e. The smallest absolute Gasteiger partial charge is 0.228 e. The molecule has 7 nitrogen and oxygen atoms in total. The van der Waals surface area contributed by atoms with Crippen LogP contribution in [0.15, 0.2) is 27.7 Å². The SMILES string of the molecule is COc1ccc(NC(N)=NCCc2nc(C(C)C)no2)cc1Cl. The number of anilines is 1. The van der Waals surface area contributed by atoms with Gasteiger partial charge >= 0.3 is 0 Å². The minimum atomic E-state index is 0.238. The van der Waals surface area contributed by atoms with E-state index in [9.17, 15) is 0 Å². The van der Waals surface area contributed by atoms with Gasteiger partial charge in [0.05, 0.1) is 18.7 Å². The molecule has 0 radical (unpaired) electrons. The molecule has 0 aliphatic heterocycles. The van der Waals surface area contributed by atoms with Gasteiger partial charge in [-0.1, -0.05) is 30.6 Å². The quantitative estimate of drug-likeness (QED) is 0.621. The Morgan fingerprint density at radius 2 is 2.26 bits per heavy atom. The predicted molar refractivity (Wildman–Crippen MR) is 90.2 cm³/mol. The van der Waals surface area contributed by atoms with Gasteiger partial charge in [0, 0.05) is 18.0 Å². The van der Waals surface area contributed by atoms with Gasteiger partial charge in [0.1, 0.15) is 5.75 Å². The first-order chi connectivity index (χ1) is 11.0. The number of benzene rings is 1. The topological polar surface area (TPSA) is 98.6 Å². The lowest BCUT2D eigenvalue weighted by Gasteiger charge is -2.08. The van der Waals surface area contributed by atoms with Gasteiger partial charge in [0.25, 0.3) is 0 Å². The van der Waals surface area contributed by atoms with Crippen LogP contribution in [0.25, 0.3) is 0 Å². The first-order valence-corrected chi connectivity index (χ1v) is 7.60. The maximum atomic E-state index is 6.05. The summed E-state index contributed by atoms with van der Waals surface area (Å²) in [6.07, 6.45) is 0.533. The van der Waals surface area contributed by atoms with Crippen LogP contribution in [0.1, 0.15) is 31.5 Å². The Morgan fingerprint density at radius 1 is 1.48 bits per heavy atom. The Labute approximate surface area is 139 Å². The average molecular weight is 338 g/mol. The molecule has 0 aliphatic rings. The van der Waals surface area contributed by atoms with Gasteiger partial charge in [0.2, 0.25) is 5.89 Å². The van der Waals surface area contributed by atoms with E-state index < -0.39 is 0 Å². The summed E-state index contributed by atoms with van der Waals surface area (Å²) in [7, 11) is 1.56. The number of methoxy groups -OCH3 is 1. The molecule has 0 unspecified atom stereocenters. The number of rotatable bonds is 6. The third-order valence-electron chi connectivity index (χ3n) is 3.03. The molecule has 0 aliphatic carbocycles. The molecule has 23 heavy (non-hydrogen) atoms. The van der Waals surface area contributed by atoms with Gasteiger partial charge < -0.3 is 20.3 Å².